The highest BCUT2D eigenvalue weighted by Gasteiger charge is 2.30. The minimum absolute atomic E-state index is 0.0763. The number of thiophene rings is 1. The van der Waals surface area contributed by atoms with Crippen LogP contribution in [0.3, 0.4) is 0 Å². The Hall–Kier alpha value is -3.31. The number of sulfonamides is 1. The Morgan fingerprint density at radius 2 is 1.92 bits per heavy atom. The van der Waals surface area contributed by atoms with Gasteiger partial charge in [0.1, 0.15) is 10.6 Å². The van der Waals surface area contributed by atoms with Crippen molar-refractivity contribution in [1.82, 2.24) is 14.2 Å². The summed E-state index contributed by atoms with van der Waals surface area (Å²) < 4.78 is 39.2. The number of rotatable bonds is 6. The van der Waals surface area contributed by atoms with Gasteiger partial charge in [-0.05, 0) is 52.8 Å². The molecule has 0 bridgehead atoms. The van der Waals surface area contributed by atoms with Crippen LogP contribution < -0.4 is 4.74 Å². The maximum absolute atomic E-state index is 13.5. The Bertz CT molecular complexity index is 1570. The van der Waals surface area contributed by atoms with Crippen molar-refractivity contribution in [2.45, 2.75) is 17.7 Å². The number of methoxy groups -OCH3 is 1. The Labute approximate surface area is 232 Å². The number of morpholine rings is 1. The first-order chi connectivity index (χ1) is 19.0. The van der Waals surface area contributed by atoms with Crippen LogP contribution in [0.4, 0.5) is 0 Å². The van der Waals surface area contributed by atoms with Crippen LogP contribution in [0, 0.1) is 0 Å². The number of carbonyl (C=O) groups is 1. The van der Waals surface area contributed by atoms with Gasteiger partial charge in [0.15, 0.2) is 0 Å². The van der Waals surface area contributed by atoms with Crippen LogP contribution in [0.15, 0.2) is 70.6 Å². The van der Waals surface area contributed by atoms with Gasteiger partial charge in [-0.25, -0.2) is 8.42 Å². The van der Waals surface area contributed by atoms with E-state index >= 15 is 0 Å². The van der Waals surface area contributed by atoms with Gasteiger partial charge in [0.2, 0.25) is 10.0 Å². The summed E-state index contributed by atoms with van der Waals surface area (Å²) in [5.74, 6) is 0.390. The maximum atomic E-state index is 13.5. The van der Waals surface area contributed by atoms with Crippen LogP contribution >= 0.6 is 11.3 Å². The molecule has 0 radical (unpaired) electrons. The zero-order valence-corrected chi connectivity index (χ0v) is 23.3. The van der Waals surface area contributed by atoms with Gasteiger partial charge < -0.3 is 14.4 Å². The predicted molar refractivity (Wildman–Crippen MR) is 150 cm³/mol. The van der Waals surface area contributed by atoms with E-state index in [2.05, 4.69) is 18.2 Å². The number of fused-ring (bicyclic) bond motifs is 1. The van der Waals surface area contributed by atoms with Gasteiger partial charge in [0.25, 0.3) is 5.91 Å². The van der Waals surface area contributed by atoms with E-state index in [9.17, 15) is 13.2 Å². The molecule has 3 aliphatic rings. The van der Waals surface area contributed by atoms with Crippen molar-refractivity contribution < 1.29 is 22.7 Å². The minimum atomic E-state index is -3.75. The highest BCUT2D eigenvalue weighted by atomic mass is 32.2. The highest BCUT2D eigenvalue weighted by Crippen LogP contribution is 2.38. The zero-order chi connectivity index (χ0) is 27.0. The minimum Gasteiger partial charge on any atom is -0.495 e. The number of pyridine rings is 1. The summed E-state index contributed by atoms with van der Waals surface area (Å²) in [6.07, 6.45) is 7.67. The molecule has 0 saturated carbocycles. The van der Waals surface area contributed by atoms with Gasteiger partial charge >= 0.3 is 0 Å². The average molecular weight is 564 g/mol. The second-order valence-electron chi connectivity index (χ2n) is 9.63. The molecular formula is C29H29N3O5S2. The summed E-state index contributed by atoms with van der Waals surface area (Å²) in [5.41, 5.74) is 6.03. The topological polar surface area (TPSA) is 89.0 Å². The molecule has 6 rings (SSSR count). The lowest BCUT2D eigenvalue weighted by Gasteiger charge is -2.27. The van der Waals surface area contributed by atoms with Crippen molar-refractivity contribution in [1.29, 1.82) is 0 Å². The zero-order valence-electron chi connectivity index (χ0n) is 21.6. The van der Waals surface area contributed by atoms with Crippen molar-refractivity contribution in [3.63, 3.8) is 0 Å². The van der Waals surface area contributed by atoms with Gasteiger partial charge in [-0.15, -0.1) is 11.3 Å². The normalized spacial score (nSPS) is 17.9. The second kappa shape index (κ2) is 10.7. The third kappa shape index (κ3) is 4.93. The molecule has 10 heteroatoms. The highest BCUT2D eigenvalue weighted by molar-refractivity contribution is 7.89. The lowest BCUT2D eigenvalue weighted by Crippen LogP contribution is -2.40. The van der Waals surface area contributed by atoms with E-state index < -0.39 is 10.0 Å². The number of allylic oxidation sites excluding steroid dienone is 2. The molecule has 1 amide bonds. The van der Waals surface area contributed by atoms with E-state index in [4.69, 9.17) is 14.5 Å². The number of carbonyl (C=O) groups excluding carboxylic acids is 1. The van der Waals surface area contributed by atoms with E-state index in [1.807, 2.05) is 28.5 Å². The number of aromatic nitrogens is 1. The largest absolute Gasteiger partial charge is 0.495 e. The first kappa shape index (κ1) is 25.9. The molecule has 39 heavy (non-hydrogen) atoms. The van der Waals surface area contributed by atoms with Crippen molar-refractivity contribution in [2.75, 3.05) is 46.5 Å². The molecule has 0 unspecified atom stereocenters. The summed E-state index contributed by atoms with van der Waals surface area (Å²) in [6, 6.07) is 11.1. The number of hydrogen-bond acceptors (Lipinski definition) is 7. The van der Waals surface area contributed by atoms with Crippen molar-refractivity contribution in [2.24, 2.45) is 0 Å². The van der Waals surface area contributed by atoms with Crippen LogP contribution in [-0.4, -0.2) is 75.0 Å². The van der Waals surface area contributed by atoms with E-state index in [0.29, 0.717) is 45.1 Å². The van der Waals surface area contributed by atoms with Crippen LogP contribution in [0.2, 0.25) is 0 Å². The third-order valence-corrected chi connectivity index (χ3v) is 10.2. The van der Waals surface area contributed by atoms with E-state index in [-0.39, 0.29) is 10.8 Å². The van der Waals surface area contributed by atoms with Crippen molar-refractivity contribution in [3.8, 4) is 16.9 Å². The third-order valence-electron chi connectivity index (χ3n) is 7.42. The summed E-state index contributed by atoms with van der Waals surface area (Å²) >= 11 is 1.47. The fourth-order valence-corrected chi connectivity index (χ4v) is 7.58. The van der Waals surface area contributed by atoms with E-state index in [1.54, 1.807) is 18.3 Å². The molecule has 1 aliphatic carbocycles. The summed E-state index contributed by atoms with van der Waals surface area (Å²) in [4.78, 5) is 20.3. The van der Waals surface area contributed by atoms with Gasteiger partial charge in [0, 0.05) is 49.9 Å². The van der Waals surface area contributed by atoms with Gasteiger partial charge in [-0.2, -0.15) is 4.31 Å². The molecular weight excluding hydrogens is 534 g/mol. The SMILES string of the molecule is COc1ccc(-c2cnc3c(c2)C(C2=CCN(C(=O)c4cccs4)CC2)=CC3)cc1S(=O)(=O)N1CCOCC1. The Kier molecular flexibility index (Phi) is 7.11. The molecule has 0 N–H and O–H groups in total. The van der Waals surface area contributed by atoms with E-state index in [0.717, 1.165) is 45.7 Å². The first-order valence-electron chi connectivity index (χ1n) is 12.9. The Morgan fingerprint density at radius 1 is 1.08 bits per heavy atom. The van der Waals surface area contributed by atoms with Crippen molar-refractivity contribution >= 4 is 32.8 Å². The Balaban J connectivity index is 1.28. The maximum Gasteiger partial charge on any atom is 0.264 e. The molecule has 2 aliphatic heterocycles. The molecule has 1 aromatic carbocycles. The molecule has 1 fully saturated rings. The molecule has 202 valence electrons. The number of benzene rings is 1. The summed E-state index contributed by atoms with van der Waals surface area (Å²) in [7, 11) is -2.27. The number of ether oxygens (including phenoxy) is 2. The van der Waals surface area contributed by atoms with Gasteiger partial charge in [0.05, 0.1) is 30.9 Å². The first-order valence-corrected chi connectivity index (χ1v) is 15.3. The number of amides is 1. The summed E-state index contributed by atoms with van der Waals surface area (Å²) in [6.45, 7) is 2.63. The quantitative estimate of drug-likeness (QED) is 0.446. The van der Waals surface area contributed by atoms with Gasteiger partial charge in [-0.3, -0.25) is 9.78 Å². The van der Waals surface area contributed by atoms with Gasteiger partial charge in [-0.1, -0.05) is 24.3 Å². The lowest BCUT2D eigenvalue weighted by atomic mass is 9.94. The Morgan fingerprint density at radius 3 is 2.64 bits per heavy atom. The molecule has 8 nitrogen and oxygen atoms in total. The molecule has 3 aromatic rings. The summed E-state index contributed by atoms with van der Waals surface area (Å²) in [5, 5.41) is 1.92. The van der Waals surface area contributed by atoms with E-state index in [1.165, 1.54) is 28.3 Å². The van der Waals surface area contributed by atoms with Crippen molar-refractivity contribution in [3.05, 3.63) is 81.8 Å². The monoisotopic (exact) mass is 563 g/mol. The fourth-order valence-electron chi connectivity index (χ4n) is 5.30. The molecule has 0 atom stereocenters. The molecule has 1 saturated heterocycles. The molecule has 4 heterocycles. The van der Waals surface area contributed by atoms with Crippen LogP contribution in [0.25, 0.3) is 16.7 Å². The van der Waals surface area contributed by atoms with Crippen LogP contribution in [-0.2, 0) is 21.2 Å². The predicted octanol–water partition coefficient (Wildman–Crippen LogP) is 4.25. The number of hydrogen-bond donors (Lipinski definition) is 0. The molecule has 2 aromatic heterocycles. The second-order valence-corrected chi connectivity index (χ2v) is 12.5. The van der Waals surface area contributed by atoms with Crippen LogP contribution in [0.5, 0.6) is 5.75 Å². The smallest absolute Gasteiger partial charge is 0.264 e. The number of nitrogens with zero attached hydrogens (tertiary/aromatic N) is 3. The fraction of sp³-hybridized carbons (Fsp3) is 0.310. The van der Waals surface area contributed by atoms with Crippen LogP contribution in [0.1, 0.15) is 27.3 Å². The lowest BCUT2D eigenvalue weighted by molar-refractivity contribution is 0.0729. The standard InChI is InChI=1S/C29H29N3O5S2/c1-36-26-7-4-21(18-28(26)39(34,35)32-12-14-37-15-13-32)22-17-24-23(5-6-25(24)30-19-22)20-8-10-31(11-9-20)29(33)27-3-2-16-38-27/h2-5,7-8,16-19H,6,9-15H2,1H3. The average Bonchev–Trinajstić information content (AvgIpc) is 3.67. The molecule has 0 spiro atoms.